The Labute approximate surface area is 105 Å². The maximum atomic E-state index is 5.66. The predicted octanol–water partition coefficient (Wildman–Crippen LogP) is 2.96. The minimum atomic E-state index is 0.636. The van der Waals surface area contributed by atoms with E-state index in [1.807, 2.05) is 0 Å². The van der Waals surface area contributed by atoms with Gasteiger partial charge in [0.1, 0.15) is 0 Å². The normalized spacial score (nSPS) is 17.9. The molecule has 94 valence electrons. The van der Waals surface area contributed by atoms with Gasteiger partial charge >= 0.3 is 0 Å². The topological polar surface area (TPSA) is 38.0 Å². The molecular formula is C15H24N2. The van der Waals surface area contributed by atoms with Crippen LogP contribution in [0.2, 0.25) is 0 Å². The van der Waals surface area contributed by atoms with Gasteiger partial charge in [-0.15, -0.1) is 0 Å². The van der Waals surface area contributed by atoms with E-state index in [-0.39, 0.29) is 0 Å². The minimum absolute atomic E-state index is 0.636. The van der Waals surface area contributed by atoms with Crippen LogP contribution in [0.4, 0.5) is 0 Å². The quantitative estimate of drug-likeness (QED) is 0.783. The van der Waals surface area contributed by atoms with E-state index < -0.39 is 0 Å². The maximum Gasteiger partial charge on any atom is 0.0208 e. The first-order chi connectivity index (χ1) is 8.38. The van der Waals surface area contributed by atoms with Gasteiger partial charge in [0.2, 0.25) is 0 Å². The Morgan fingerprint density at radius 2 is 1.76 bits per heavy atom. The highest BCUT2D eigenvalue weighted by molar-refractivity contribution is 5.23. The average molecular weight is 232 g/mol. The van der Waals surface area contributed by atoms with E-state index >= 15 is 0 Å². The van der Waals surface area contributed by atoms with Crippen molar-refractivity contribution in [3.05, 3.63) is 35.4 Å². The Morgan fingerprint density at radius 1 is 1.06 bits per heavy atom. The van der Waals surface area contributed by atoms with E-state index in [2.05, 4.69) is 29.6 Å². The summed E-state index contributed by atoms with van der Waals surface area (Å²) in [4.78, 5) is 0. The van der Waals surface area contributed by atoms with Crippen LogP contribution < -0.4 is 11.1 Å². The molecule has 1 aromatic carbocycles. The number of rotatable bonds is 4. The minimum Gasteiger partial charge on any atom is -0.326 e. The third-order valence-electron chi connectivity index (χ3n) is 3.68. The molecule has 1 aliphatic rings. The molecule has 0 heterocycles. The van der Waals surface area contributed by atoms with E-state index in [0.29, 0.717) is 6.54 Å². The van der Waals surface area contributed by atoms with Crippen LogP contribution in [0, 0.1) is 0 Å². The molecule has 1 aromatic rings. The Hall–Kier alpha value is -0.860. The lowest BCUT2D eigenvalue weighted by Crippen LogP contribution is -2.27. The van der Waals surface area contributed by atoms with Gasteiger partial charge in [-0.25, -0.2) is 0 Å². The summed E-state index contributed by atoms with van der Waals surface area (Å²) < 4.78 is 0. The lowest BCUT2D eigenvalue weighted by molar-refractivity contribution is 0.459. The van der Waals surface area contributed by atoms with Gasteiger partial charge in [-0.05, 0) is 24.0 Å². The van der Waals surface area contributed by atoms with Crippen LogP contribution in [0.5, 0.6) is 0 Å². The van der Waals surface area contributed by atoms with Gasteiger partial charge in [-0.1, -0.05) is 49.9 Å². The molecule has 1 saturated carbocycles. The number of hydrogen-bond acceptors (Lipinski definition) is 2. The number of nitrogens with one attached hydrogen (secondary N) is 1. The molecule has 0 amide bonds. The first kappa shape index (κ1) is 12.6. The fourth-order valence-electron chi connectivity index (χ4n) is 2.61. The number of benzene rings is 1. The summed E-state index contributed by atoms with van der Waals surface area (Å²) in [5.41, 5.74) is 8.24. The van der Waals surface area contributed by atoms with Gasteiger partial charge in [0, 0.05) is 19.1 Å². The average Bonchev–Trinajstić information content (AvgIpc) is 2.65. The zero-order valence-electron chi connectivity index (χ0n) is 10.6. The molecule has 0 radical (unpaired) electrons. The molecule has 0 atom stereocenters. The van der Waals surface area contributed by atoms with Gasteiger partial charge in [0.25, 0.3) is 0 Å². The first-order valence-corrected chi connectivity index (χ1v) is 6.90. The number of nitrogens with two attached hydrogens (primary N) is 1. The van der Waals surface area contributed by atoms with E-state index in [1.165, 1.54) is 49.7 Å². The van der Waals surface area contributed by atoms with E-state index in [1.54, 1.807) is 0 Å². The van der Waals surface area contributed by atoms with Crippen molar-refractivity contribution in [2.45, 2.75) is 57.7 Å². The van der Waals surface area contributed by atoms with Crippen LogP contribution >= 0.6 is 0 Å². The van der Waals surface area contributed by atoms with Gasteiger partial charge in [0.15, 0.2) is 0 Å². The predicted molar refractivity (Wildman–Crippen MR) is 72.7 cm³/mol. The molecule has 0 aromatic heterocycles. The first-order valence-electron chi connectivity index (χ1n) is 6.90. The largest absolute Gasteiger partial charge is 0.326 e. The molecule has 17 heavy (non-hydrogen) atoms. The second-order valence-electron chi connectivity index (χ2n) is 5.09. The highest BCUT2D eigenvalue weighted by Crippen LogP contribution is 2.17. The molecule has 0 bridgehead atoms. The van der Waals surface area contributed by atoms with Crippen molar-refractivity contribution in [1.82, 2.24) is 5.32 Å². The summed E-state index contributed by atoms with van der Waals surface area (Å²) in [6.07, 6.45) is 8.30. The van der Waals surface area contributed by atoms with E-state index in [0.717, 1.165) is 12.6 Å². The van der Waals surface area contributed by atoms with Crippen molar-refractivity contribution < 1.29 is 0 Å². The fraction of sp³-hybridized carbons (Fsp3) is 0.600. The Balaban J connectivity index is 1.83. The van der Waals surface area contributed by atoms with Gasteiger partial charge < -0.3 is 11.1 Å². The molecule has 0 spiro atoms. The zero-order chi connectivity index (χ0) is 11.9. The Bertz CT molecular complexity index is 327. The summed E-state index contributed by atoms with van der Waals surface area (Å²) in [5.74, 6) is 0. The van der Waals surface area contributed by atoms with Crippen molar-refractivity contribution in [3.8, 4) is 0 Å². The molecular weight excluding hydrogens is 208 g/mol. The van der Waals surface area contributed by atoms with Crippen LogP contribution in [0.3, 0.4) is 0 Å². The molecule has 3 N–H and O–H groups in total. The maximum absolute atomic E-state index is 5.66. The van der Waals surface area contributed by atoms with Crippen molar-refractivity contribution in [3.63, 3.8) is 0 Å². The molecule has 2 heteroatoms. The van der Waals surface area contributed by atoms with Crippen LogP contribution in [0.15, 0.2) is 24.3 Å². The smallest absolute Gasteiger partial charge is 0.0208 e. The molecule has 0 unspecified atom stereocenters. The fourth-order valence-corrected chi connectivity index (χ4v) is 2.61. The van der Waals surface area contributed by atoms with Crippen LogP contribution in [-0.2, 0) is 13.1 Å². The van der Waals surface area contributed by atoms with Crippen molar-refractivity contribution in [2.24, 2.45) is 5.73 Å². The summed E-state index contributed by atoms with van der Waals surface area (Å²) in [7, 11) is 0. The zero-order valence-corrected chi connectivity index (χ0v) is 10.6. The monoisotopic (exact) mass is 232 g/mol. The highest BCUT2D eigenvalue weighted by atomic mass is 14.9. The third kappa shape index (κ3) is 4.14. The second-order valence-corrected chi connectivity index (χ2v) is 5.09. The van der Waals surface area contributed by atoms with Crippen LogP contribution in [-0.4, -0.2) is 6.04 Å². The molecule has 2 rings (SSSR count). The van der Waals surface area contributed by atoms with Crippen molar-refractivity contribution in [2.75, 3.05) is 0 Å². The molecule has 1 aliphatic carbocycles. The standard InChI is InChI=1S/C15H24N2/c16-11-13-6-5-7-14(10-13)12-17-15-8-3-1-2-4-9-15/h5-7,10,15,17H,1-4,8-9,11-12,16H2. The van der Waals surface area contributed by atoms with Crippen LogP contribution in [0.1, 0.15) is 49.7 Å². The van der Waals surface area contributed by atoms with Crippen molar-refractivity contribution in [1.29, 1.82) is 0 Å². The van der Waals surface area contributed by atoms with E-state index in [9.17, 15) is 0 Å². The SMILES string of the molecule is NCc1cccc(CNC2CCCCCC2)c1. The van der Waals surface area contributed by atoms with Crippen LogP contribution in [0.25, 0.3) is 0 Å². The summed E-state index contributed by atoms with van der Waals surface area (Å²) in [6.45, 7) is 1.62. The van der Waals surface area contributed by atoms with Gasteiger partial charge in [0.05, 0.1) is 0 Å². The molecule has 1 fully saturated rings. The van der Waals surface area contributed by atoms with E-state index in [4.69, 9.17) is 5.73 Å². The van der Waals surface area contributed by atoms with Gasteiger partial charge in [-0.2, -0.15) is 0 Å². The summed E-state index contributed by atoms with van der Waals surface area (Å²) in [6, 6.07) is 9.31. The lowest BCUT2D eigenvalue weighted by atomic mass is 10.1. The van der Waals surface area contributed by atoms with Gasteiger partial charge in [-0.3, -0.25) is 0 Å². The highest BCUT2D eigenvalue weighted by Gasteiger charge is 2.11. The molecule has 0 saturated heterocycles. The Morgan fingerprint density at radius 3 is 2.47 bits per heavy atom. The molecule has 0 aliphatic heterocycles. The second kappa shape index (κ2) is 6.77. The summed E-state index contributed by atoms with van der Waals surface area (Å²) in [5, 5.41) is 3.69. The lowest BCUT2D eigenvalue weighted by Gasteiger charge is -2.16. The Kier molecular flexibility index (Phi) is 5.02. The number of hydrogen-bond donors (Lipinski definition) is 2. The molecule has 2 nitrogen and oxygen atoms in total. The summed E-state index contributed by atoms with van der Waals surface area (Å²) >= 11 is 0. The third-order valence-corrected chi connectivity index (χ3v) is 3.68. The van der Waals surface area contributed by atoms with Crippen molar-refractivity contribution >= 4 is 0 Å².